The van der Waals surface area contributed by atoms with Crippen LogP contribution in [-0.4, -0.2) is 19.9 Å². The van der Waals surface area contributed by atoms with Crippen LogP contribution in [0.3, 0.4) is 0 Å². The van der Waals surface area contributed by atoms with Crippen LogP contribution in [0.25, 0.3) is 23.8 Å². The number of pyridine rings is 1. The lowest BCUT2D eigenvalue weighted by atomic mass is 10.1. The third-order valence-corrected chi connectivity index (χ3v) is 3.85. The van der Waals surface area contributed by atoms with Crippen LogP contribution in [0.4, 0.5) is 0 Å². The largest absolute Gasteiger partial charge is 0.362 e. The number of hydrogen-bond acceptors (Lipinski definition) is 2. The number of H-pyrrole nitrogens is 3. The van der Waals surface area contributed by atoms with Crippen molar-refractivity contribution in [2.24, 2.45) is 0 Å². The van der Waals surface area contributed by atoms with Gasteiger partial charge < -0.3 is 15.0 Å². The lowest BCUT2D eigenvalue weighted by Crippen LogP contribution is -2.22. The highest BCUT2D eigenvalue weighted by atomic mass is 16.1. The monoisotopic (exact) mass is 302 g/mol. The van der Waals surface area contributed by atoms with Crippen LogP contribution >= 0.6 is 0 Å². The Balaban J connectivity index is 2.07. The molecule has 4 rings (SSSR count). The molecule has 0 unspecified atom stereocenters. The predicted molar refractivity (Wildman–Crippen MR) is 89.1 cm³/mol. The average Bonchev–Trinajstić information content (AvgIpc) is 3.16. The van der Waals surface area contributed by atoms with Gasteiger partial charge in [0, 0.05) is 40.4 Å². The van der Waals surface area contributed by atoms with Gasteiger partial charge in [-0.2, -0.15) is 0 Å². The molecule has 0 aliphatic carbocycles. The molecule has 0 amide bonds. The van der Waals surface area contributed by atoms with Gasteiger partial charge in [0.25, 0.3) is 5.56 Å². The van der Waals surface area contributed by atoms with Crippen LogP contribution in [-0.2, 0) is 0 Å². The molecule has 112 valence electrons. The van der Waals surface area contributed by atoms with E-state index in [9.17, 15) is 4.79 Å². The van der Waals surface area contributed by atoms with Gasteiger partial charge in [0.05, 0.1) is 5.22 Å². The second kappa shape index (κ2) is 5.14. The lowest BCUT2D eigenvalue weighted by molar-refractivity contribution is 1.08. The standard InChI is InChI=1S/C18H14N4O/c1-11-14(12-4-7-19-8-5-12)10-15-16(9-13-3-2-6-20-13)18(23)22-17(15)21-11/h2-10,20-21H,1H2,(H,22,23). The van der Waals surface area contributed by atoms with Gasteiger partial charge in [0.1, 0.15) is 5.48 Å². The molecule has 0 spiro atoms. The molecule has 3 N–H and O–H groups in total. The maximum atomic E-state index is 12.3. The van der Waals surface area contributed by atoms with Gasteiger partial charge >= 0.3 is 0 Å². The van der Waals surface area contributed by atoms with Gasteiger partial charge in [-0.1, -0.05) is 6.58 Å². The Morgan fingerprint density at radius 3 is 2.70 bits per heavy atom. The fourth-order valence-electron chi connectivity index (χ4n) is 2.73. The molecule has 5 nitrogen and oxygen atoms in total. The zero-order chi connectivity index (χ0) is 15.8. The summed E-state index contributed by atoms with van der Waals surface area (Å²) in [6, 6.07) is 9.64. The highest BCUT2D eigenvalue weighted by Gasteiger charge is 2.05. The summed E-state index contributed by atoms with van der Waals surface area (Å²) in [7, 11) is 0. The molecule has 2 aliphatic rings. The Labute approximate surface area is 130 Å². The number of nitrogens with one attached hydrogen (secondary N) is 3. The second-order valence-electron chi connectivity index (χ2n) is 5.32. The van der Waals surface area contributed by atoms with Gasteiger partial charge in [-0.25, -0.2) is 0 Å². The number of rotatable bonds is 2. The first-order valence-electron chi connectivity index (χ1n) is 7.22. The van der Waals surface area contributed by atoms with E-state index in [0.717, 1.165) is 27.4 Å². The van der Waals surface area contributed by atoms with Crippen molar-refractivity contribution in [2.45, 2.75) is 0 Å². The summed E-state index contributed by atoms with van der Waals surface area (Å²) in [5, 5.41) is 2.20. The van der Waals surface area contributed by atoms with Crippen LogP contribution in [0.1, 0.15) is 5.69 Å². The van der Waals surface area contributed by atoms with Crippen molar-refractivity contribution in [3.05, 3.63) is 86.2 Å². The molecule has 5 heteroatoms. The van der Waals surface area contributed by atoms with Crippen LogP contribution < -0.4 is 16.1 Å². The number of nitrogens with zero attached hydrogens (tertiary/aromatic N) is 1. The Kier molecular flexibility index (Phi) is 2.98. The Hall–Kier alpha value is -3.34. The van der Waals surface area contributed by atoms with Crippen molar-refractivity contribution < 1.29 is 0 Å². The number of aromatic nitrogens is 4. The number of hydrogen-bond donors (Lipinski definition) is 3. The summed E-state index contributed by atoms with van der Waals surface area (Å²) in [6.07, 6.45) is 7.14. The summed E-state index contributed by atoms with van der Waals surface area (Å²) in [6.45, 7) is 4.05. The van der Waals surface area contributed by atoms with Gasteiger partial charge in [-0.15, -0.1) is 0 Å². The van der Waals surface area contributed by atoms with Crippen LogP contribution in [0.2, 0.25) is 0 Å². The topological polar surface area (TPSA) is 77.3 Å². The second-order valence-corrected chi connectivity index (χ2v) is 5.32. The van der Waals surface area contributed by atoms with E-state index < -0.39 is 0 Å². The minimum atomic E-state index is -0.128. The Bertz CT molecular complexity index is 1180. The molecule has 2 aromatic heterocycles. The minimum Gasteiger partial charge on any atom is -0.362 e. The quantitative estimate of drug-likeness (QED) is 0.518. The highest BCUT2D eigenvalue weighted by molar-refractivity contribution is 5.62. The van der Waals surface area contributed by atoms with Crippen molar-refractivity contribution >= 4 is 12.7 Å². The molecule has 0 fully saturated rings. The van der Waals surface area contributed by atoms with E-state index in [1.165, 1.54) is 0 Å². The summed E-state index contributed by atoms with van der Waals surface area (Å²) < 4.78 is 0. The van der Waals surface area contributed by atoms with Crippen LogP contribution in [0, 0.1) is 10.7 Å². The van der Waals surface area contributed by atoms with E-state index in [-0.39, 0.29) is 5.56 Å². The molecule has 0 bridgehead atoms. The van der Waals surface area contributed by atoms with Crippen molar-refractivity contribution in [3.63, 3.8) is 0 Å². The fraction of sp³-hybridized carbons (Fsp3) is 0. The molecule has 0 radical (unpaired) electrons. The Morgan fingerprint density at radius 1 is 1.13 bits per heavy atom. The molecule has 0 aromatic carbocycles. The van der Waals surface area contributed by atoms with Crippen molar-refractivity contribution in [2.75, 3.05) is 0 Å². The summed E-state index contributed by atoms with van der Waals surface area (Å²) >= 11 is 0. The van der Waals surface area contributed by atoms with E-state index in [1.807, 2.05) is 42.6 Å². The molecule has 4 heterocycles. The fourth-order valence-corrected chi connectivity index (χ4v) is 2.73. The first-order chi connectivity index (χ1) is 11.2. The maximum Gasteiger partial charge on any atom is 0.257 e. The molecule has 2 aliphatic heterocycles. The van der Waals surface area contributed by atoms with E-state index in [4.69, 9.17) is 0 Å². The van der Waals surface area contributed by atoms with Gasteiger partial charge in [0.2, 0.25) is 0 Å². The van der Waals surface area contributed by atoms with Crippen molar-refractivity contribution in [1.82, 2.24) is 19.9 Å². The lowest BCUT2D eigenvalue weighted by Gasteiger charge is -2.01. The van der Waals surface area contributed by atoms with Gasteiger partial charge in [-0.3, -0.25) is 9.78 Å². The SMILES string of the molecule is C=c1[nH]c2[nH]c(=O)c(=Cc3ccc[nH]3)c=2cc1-c1ccncc1. The third-order valence-electron chi connectivity index (χ3n) is 3.85. The molecule has 2 aromatic rings. The molecular formula is C18H14N4O. The molecule has 0 atom stereocenters. The predicted octanol–water partition coefficient (Wildman–Crippen LogP) is 1.06. The first-order valence-corrected chi connectivity index (χ1v) is 7.22. The third kappa shape index (κ3) is 2.28. The number of aromatic amines is 3. The Morgan fingerprint density at radius 2 is 1.96 bits per heavy atom. The van der Waals surface area contributed by atoms with Crippen LogP contribution in [0.15, 0.2) is 53.7 Å². The molecule has 0 saturated heterocycles. The molecular weight excluding hydrogens is 288 g/mol. The zero-order valence-electron chi connectivity index (χ0n) is 12.3. The average molecular weight is 302 g/mol. The first kappa shape index (κ1) is 13.3. The normalized spacial score (nSPS) is 12.1. The smallest absolute Gasteiger partial charge is 0.257 e. The zero-order valence-corrected chi connectivity index (χ0v) is 12.3. The summed E-state index contributed by atoms with van der Waals surface area (Å²) in [5.74, 6) is 0. The van der Waals surface area contributed by atoms with Crippen molar-refractivity contribution in [3.8, 4) is 11.1 Å². The maximum absolute atomic E-state index is 12.3. The van der Waals surface area contributed by atoms with E-state index in [1.54, 1.807) is 12.4 Å². The molecule has 0 saturated carbocycles. The minimum absolute atomic E-state index is 0.128. The highest BCUT2D eigenvalue weighted by Crippen LogP contribution is 2.12. The van der Waals surface area contributed by atoms with E-state index in [0.29, 0.717) is 10.7 Å². The van der Waals surface area contributed by atoms with Crippen molar-refractivity contribution in [1.29, 1.82) is 0 Å². The summed E-state index contributed by atoms with van der Waals surface area (Å²) in [5.41, 5.74) is 3.38. The van der Waals surface area contributed by atoms with Gasteiger partial charge in [0.15, 0.2) is 0 Å². The van der Waals surface area contributed by atoms with Crippen LogP contribution in [0.5, 0.6) is 0 Å². The van der Waals surface area contributed by atoms with E-state index in [2.05, 4.69) is 26.5 Å². The van der Waals surface area contributed by atoms with E-state index >= 15 is 0 Å². The van der Waals surface area contributed by atoms with Gasteiger partial charge in [-0.05, 0) is 42.0 Å². The molecule has 23 heavy (non-hydrogen) atoms. The summed E-state index contributed by atoms with van der Waals surface area (Å²) in [4.78, 5) is 25.4.